The predicted octanol–water partition coefficient (Wildman–Crippen LogP) is 4.70. The van der Waals surface area contributed by atoms with Crippen molar-refractivity contribution in [2.75, 3.05) is 44.7 Å². The van der Waals surface area contributed by atoms with E-state index in [9.17, 15) is 0 Å². The zero-order chi connectivity index (χ0) is 26.4. The molecule has 2 N–H and O–H groups in total. The molecule has 204 valence electrons. The summed E-state index contributed by atoms with van der Waals surface area (Å²) in [5, 5.41) is 18.4. The van der Waals surface area contributed by atoms with Gasteiger partial charge in [0.25, 0.3) is 0 Å². The second kappa shape index (κ2) is 8.68. The van der Waals surface area contributed by atoms with Crippen LogP contribution in [0.5, 0.6) is 0 Å². The lowest BCUT2D eigenvalue weighted by molar-refractivity contribution is -0.0598. The fraction of sp³-hybridized carbons (Fsp3) is 0.655. The van der Waals surface area contributed by atoms with E-state index in [2.05, 4.69) is 63.8 Å². The number of hydrogen-bond donors (Lipinski definition) is 2. The van der Waals surface area contributed by atoms with Crippen molar-refractivity contribution in [1.29, 1.82) is 0 Å². The van der Waals surface area contributed by atoms with Gasteiger partial charge in [0, 0.05) is 73.6 Å². The first-order valence-corrected chi connectivity index (χ1v) is 14.5. The van der Waals surface area contributed by atoms with Gasteiger partial charge < -0.3 is 15.0 Å². The number of halogens is 1. The molecule has 0 bridgehead atoms. The Kier molecular flexibility index (Phi) is 5.69. The molecule has 4 aliphatic rings. The highest BCUT2D eigenvalue weighted by atomic mass is 35.5. The molecule has 3 saturated heterocycles. The summed E-state index contributed by atoms with van der Waals surface area (Å²) in [4.78, 5) is 5.17. The third kappa shape index (κ3) is 3.67. The van der Waals surface area contributed by atoms with E-state index in [1.54, 1.807) is 0 Å². The number of nitrogens with zero attached hydrogens (tertiary/aromatic N) is 5. The highest BCUT2D eigenvalue weighted by Gasteiger charge is 2.50. The standard InChI is InChI=1S/C29H40ClN7O/c1-17-8-23-22(12-32-33-23)25(26(17)30)24-18(2)37(20-10-29(11-20)15-31-16-29)34-27(24)36-7-6-19(9-28(36,3)4)35-13-21(14-35)38-5/h8,12,19-21,31H,6-7,9-11,13-16H2,1-5H3,(H,32,33). The van der Waals surface area contributed by atoms with E-state index < -0.39 is 0 Å². The van der Waals surface area contributed by atoms with Gasteiger partial charge >= 0.3 is 0 Å². The quantitative estimate of drug-likeness (QED) is 0.491. The van der Waals surface area contributed by atoms with Crippen molar-refractivity contribution in [3.05, 3.63) is 28.5 Å². The molecule has 9 heteroatoms. The number of likely N-dealkylation sites (tertiary alicyclic amines) is 1. The third-order valence-electron chi connectivity index (χ3n) is 10.1. The second-order valence-electron chi connectivity index (χ2n) is 13.0. The average Bonchev–Trinajstić information content (AvgIpc) is 3.36. The van der Waals surface area contributed by atoms with E-state index in [1.807, 2.05) is 13.3 Å². The number of aryl methyl sites for hydroxylation is 1. The minimum Gasteiger partial charge on any atom is -0.379 e. The van der Waals surface area contributed by atoms with Crippen LogP contribution < -0.4 is 10.2 Å². The molecule has 0 radical (unpaired) electrons. The molecule has 38 heavy (non-hydrogen) atoms. The minimum atomic E-state index is -0.0357. The van der Waals surface area contributed by atoms with Crippen molar-refractivity contribution < 1.29 is 4.74 Å². The van der Waals surface area contributed by atoms with E-state index in [-0.39, 0.29) is 5.54 Å². The zero-order valence-corrected chi connectivity index (χ0v) is 24.0. The molecule has 3 aliphatic heterocycles. The Bertz CT molecular complexity index is 1380. The number of aromatic amines is 1. The lowest BCUT2D eigenvalue weighted by atomic mass is 9.61. The summed E-state index contributed by atoms with van der Waals surface area (Å²) in [6.07, 6.45) is 6.94. The van der Waals surface area contributed by atoms with Gasteiger partial charge in [-0.25, -0.2) is 0 Å². The lowest BCUT2D eigenvalue weighted by Crippen LogP contribution is -2.62. The van der Waals surface area contributed by atoms with Crippen molar-refractivity contribution >= 4 is 28.3 Å². The number of piperidine rings is 1. The van der Waals surface area contributed by atoms with Crippen molar-refractivity contribution in [3.63, 3.8) is 0 Å². The maximum absolute atomic E-state index is 7.13. The van der Waals surface area contributed by atoms with Crippen molar-refractivity contribution in [3.8, 4) is 11.1 Å². The van der Waals surface area contributed by atoms with Gasteiger partial charge in [0.15, 0.2) is 5.82 Å². The smallest absolute Gasteiger partial charge is 0.159 e. The number of H-pyrrole nitrogens is 1. The van der Waals surface area contributed by atoms with Gasteiger partial charge in [-0.1, -0.05) is 11.6 Å². The highest BCUT2D eigenvalue weighted by Crippen LogP contribution is 2.53. The van der Waals surface area contributed by atoms with Crippen LogP contribution in [0.4, 0.5) is 5.82 Å². The van der Waals surface area contributed by atoms with Crippen LogP contribution in [0, 0.1) is 19.3 Å². The molecule has 1 aromatic carbocycles. The SMILES string of the molecule is COC1CN(C2CCN(c3nn(C4CC5(CNC5)C4)c(C)c3-c3c(Cl)c(C)cc4[nH]ncc34)C(C)(C)C2)C1. The molecule has 1 aliphatic carbocycles. The number of methoxy groups -OCH3 is 1. The van der Waals surface area contributed by atoms with Gasteiger partial charge in [0.05, 0.1) is 28.9 Å². The number of benzene rings is 1. The van der Waals surface area contributed by atoms with Crippen molar-refractivity contribution in [2.45, 2.75) is 77.1 Å². The van der Waals surface area contributed by atoms with Gasteiger partial charge in [-0.05, 0) is 70.4 Å². The van der Waals surface area contributed by atoms with Crippen LogP contribution in [0.3, 0.4) is 0 Å². The summed E-state index contributed by atoms with van der Waals surface area (Å²) < 4.78 is 7.89. The fourth-order valence-corrected chi connectivity index (χ4v) is 7.91. The van der Waals surface area contributed by atoms with Crippen LogP contribution in [0.1, 0.15) is 56.8 Å². The molecule has 0 amide bonds. The van der Waals surface area contributed by atoms with E-state index in [0.717, 1.165) is 78.4 Å². The van der Waals surface area contributed by atoms with E-state index in [0.29, 0.717) is 23.6 Å². The molecule has 5 heterocycles. The number of rotatable bonds is 5. The second-order valence-corrected chi connectivity index (χ2v) is 13.4. The molecule has 8 nitrogen and oxygen atoms in total. The Morgan fingerprint density at radius 2 is 1.84 bits per heavy atom. The Morgan fingerprint density at radius 3 is 2.50 bits per heavy atom. The predicted molar refractivity (Wildman–Crippen MR) is 152 cm³/mol. The Balaban J connectivity index is 1.30. The topological polar surface area (TPSA) is 74.2 Å². The maximum atomic E-state index is 7.13. The number of aromatic nitrogens is 4. The minimum absolute atomic E-state index is 0.0357. The maximum Gasteiger partial charge on any atom is 0.159 e. The van der Waals surface area contributed by atoms with Crippen LogP contribution in [0.15, 0.2) is 12.3 Å². The number of ether oxygens (including phenoxy) is 1. The van der Waals surface area contributed by atoms with Crippen molar-refractivity contribution in [2.24, 2.45) is 5.41 Å². The number of fused-ring (bicyclic) bond motifs is 1. The van der Waals surface area contributed by atoms with E-state index >= 15 is 0 Å². The van der Waals surface area contributed by atoms with Crippen LogP contribution in [-0.2, 0) is 4.74 Å². The molecule has 1 unspecified atom stereocenters. The molecule has 4 fully saturated rings. The van der Waals surface area contributed by atoms with Crippen LogP contribution in [0.2, 0.25) is 5.02 Å². The van der Waals surface area contributed by atoms with Gasteiger partial charge in [-0.15, -0.1) is 0 Å². The lowest BCUT2D eigenvalue weighted by Gasteiger charge is -2.54. The third-order valence-corrected chi connectivity index (χ3v) is 10.5. The van der Waals surface area contributed by atoms with Crippen molar-refractivity contribution in [1.82, 2.24) is 30.2 Å². The normalized spacial score (nSPS) is 25.5. The molecule has 1 saturated carbocycles. The highest BCUT2D eigenvalue weighted by molar-refractivity contribution is 6.36. The summed E-state index contributed by atoms with van der Waals surface area (Å²) in [6.45, 7) is 14.5. The molecule has 7 rings (SSSR count). The first-order valence-electron chi connectivity index (χ1n) is 14.2. The summed E-state index contributed by atoms with van der Waals surface area (Å²) in [7, 11) is 1.83. The summed E-state index contributed by atoms with van der Waals surface area (Å²) in [5.41, 5.74) is 5.98. The average molecular weight is 538 g/mol. The first-order chi connectivity index (χ1) is 18.2. The Labute approximate surface area is 230 Å². The first kappa shape index (κ1) is 24.9. The summed E-state index contributed by atoms with van der Waals surface area (Å²) in [5.74, 6) is 1.08. The van der Waals surface area contributed by atoms with Gasteiger partial charge in [-0.3, -0.25) is 14.7 Å². The molecule has 3 aromatic rings. The Hall–Kier alpha value is -2.13. The molecule has 1 atom stereocenters. The number of hydrogen-bond acceptors (Lipinski definition) is 6. The summed E-state index contributed by atoms with van der Waals surface area (Å²) >= 11 is 7.13. The van der Waals surface area contributed by atoms with Gasteiger partial charge in [0.2, 0.25) is 0 Å². The van der Waals surface area contributed by atoms with E-state index in [1.165, 1.54) is 24.1 Å². The monoisotopic (exact) mass is 537 g/mol. The van der Waals surface area contributed by atoms with Crippen LogP contribution >= 0.6 is 11.6 Å². The van der Waals surface area contributed by atoms with Crippen LogP contribution in [0.25, 0.3) is 22.0 Å². The van der Waals surface area contributed by atoms with Gasteiger partial charge in [-0.2, -0.15) is 10.2 Å². The summed E-state index contributed by atoms with van der Waals surface area (Å²) in [6, 6.07) is 3.13. The largest absolute Gasteiger partial charge is 0.379 e. The van der Waals surface area contributed by atoms with E-state index in [4.69, 9.17) is 21.4 Å². The fourth-order valence-electron chi connectivity index (χ4n) is 7.66. The van der Waals surface area contributed by atoms with Gasteiger partial charge in [0.1, 0.15) is 0 Å². The molecular formula is C29H40ClN7O. The molecular weight excluding hydrogens is 498 g/mol. The zero-order valence-electron chi connectivity index (χ0n) is 23.3. The Morgan fingerprint density at radius 1 is 1.08 bits per heavy atom. The van der Waals surface area contributed by atoms with Crippen LogP contribution in [-0.4, -0.2) is 82.4 Å². The molecule has 1 spiro atoms. The number of anilines is 1. The molecule has 2 aromatic heterocycles. The number of nitrogens with one attached hydrogen (secondary N) is 2.